The van der Waals surface area contributed by atoms with Crippen LogP contribution in [-0.4, -0.2) is 32.3 Å². The van der Waals surface area contributed by atoms with Gasteiger partial charge in [-0.1, -0.05) is 17.7 Å². The van der Waals surface area contributed by atoms with Gasteiger partial charge in [0.1, 0.15) is 5.75 Å². The zero-order valence-electron chi connectivity index (χ0n) is 17.5. The lowest BCUT2D eigenvalue weighted by atomic mass is 9.98. The van der Waals surface area contributed by atoms with Crippen LogP contribution < -0.4 is 24.3 Å². The number of hydrogen-bond acceptors (Lipinski definition) is 5. The Morgan fingerprint density at radius 1 is 1.03 bits per heavy atom. The third-order valence-corrected chi connectivity index (χ3v) is 4.68. The van der Waals surface area contributed by atoms with Gasteiger partial charge in [0.15, 0.2) is 11.5 Å². The van der Waals surface area contributed by atoms with E-state index < -0.39 is 0 Å². The zero-order valence-corrected chi connectivity index (χ0v) is 17.5. The first kappa shape index (κ1) is 20.8. The fraction of sp³-hybridized carbons (Fsp3) is 0.435. The second-order valence-electron chi connectivity index (χ2n) is 6.81. The number of hydrogen-bond donors (Lipinski definition) is 1. The standard InChI is InChI=1S/C23H29NO5/c1-5-26-20-13-16(14-21(27-6-2)22(20)28-7-3)23(25)24-18-10-11-29-19-9-8-15(4)12-17(18)19/h8-9,12-14,18H,5-7,10-11H2,1-4H3,(H,24,25). The molecule has 1 aliphatic heterocycles. The molecule has 156 valence electrons. The smallest absolute Gasteiger partial charge is 0.252 e. The summed E-state index contributed by atoms with van der Waals surface area (Å²) >= 11 is 0. The fourth-order valence-electron chi connectivity index (χ4n) is 3.43. The first-order chi connectivity index (χ1) is 14.1. The molecule has 0 bridgehead atoms. The summed E-state index contributed by atoms with van der Waals surface area (Å²) in [4.78, 5) is 13.1. The molecule has 1 atom stereocenters. The molecule has 1 unspecified atom stereocenters. The van der Waals surface area contributed by atoms with Crippen LogP contribution >= 0.6 is 0 Å². The molecule has 3 rings (SSSR count). The van der Waals surface area contributed by atoms with Gasteiger partial charge >= 0.3 is 0 Å². The Balaban J connectivity index is 1.90. The molecule has 0 spiro atoms. The van der Waals surface area contributed by atoms with Crippen molar-refractivity contribution in [3.05, 3.63) is 47.0 Å². The summed E-state index contributed by atoms with van der Waals surface area (Å²) in [5, 5.41) is 3.14. The van der Waals surface area contributed by atoms with Gasteiger partial charge in [-0.25, -0.2) is 0 Å². The molecule has 0 saturated carbocycles. The Labute approximate surface area is 172 Å². The SMILES string of the molecule is CCOc1cc(C(=O)NC2CCOc3ccc(C)cc32)cc(OCC)c1OCC. The molecule has 0 fully saturated rings. The molecule has 6 heteroatoms. The highest BCUT2D eigenvalue weighted by Gasteiger charge is 2.25. The molecule has 1 heterocycles. The van der Waals surface area contributed by atoms with E-state index in [1.54, 1.807) is 12.1 Å². The van der Waals surface area contributed by atoms with E-state index in [0.29, 0.717) is 49.2 Å². The summed E-state index contributed by atoms with van der Waals surface area (Å²) in [6.07, 6.45) is 0.718. The van der Waals surface area contributed by atoms with Gasteiger partial charge in [0, 0.05) is 17.5 Å². The topological polar surface area (TPSA) is 66.0 Å². The van der Waals surface area contributed by atoms with Gasteiger partial charge in [-0.05, 0) is 45.9 Å². The van der Waals surface area contributed by atoms with E-state index in [4.69, 9.17) is 18.9 Å². The molecular weight excluding hydrogens is 370 g/mol. The molecule has 1 aliphatic rings. The summed E-state index contributed by atoms with van der Waals surface area (Å²) in [5.41, 5.74) is 2.61. The van der Waals surface area contributed by atoms with Crippen LogP contribution in [0.25, 0.3) is 0 Å². The van der Waals surface area contributed by atoms with Gasteiger partial charge in [-0.3, -0.25) is 4.79 Å². The van der Waals surface area contributed by atoms with Crippen LogP contribution in [-0.2, 0) is 0 Å². The first-order valence-electron chi connectivity index (χ1n) is 10.2. The lowest BCUT2D eigenvalue weighted by Crippen LogP contribution is -2.32. The van der Waals surface area contributed by atoms with Crippen LogP contribution in [0.5, 0.6) is 23.0 Å². The van der Waals surface area contributed by atoms with Gasteiger partial charge in [-0.2, -0.15) is 0 Å². The number of nitrogens with one attached hydrogen (secondary N) is 1. The van der Waals surface area contributed by atoms with E-state index in [-0.39, 0.29) is 11.9 Å². The average molecular weight is 399 g/mol. The molecule has 2 aromatic carbocycles. The Kier molecular flexibility index (Phi) is 6.86. The summed E-state index contributed by atoms with van der Waals surface area (Å²) in [5.74, 6) is 2.18. The number of ether oxygens (including phenoxy) is 4. The molecule has 0 aliphatic carbocycles. The van der Waals surface area contributed by atoms with Crippen LogP contribution in [0.2, 0.25) is 0 Å². The fourth-order valence-corrected chi connectivity index (χ4v) is 3.43. The predicted octanol–water partition coefficient (Wildman–Crippen LogP) is 4.44. The van der Waals surface area contributed by atoms with E-state index in [1.165, 1.54) is 0 Å². The van der Waals surface area contributed by atoms with Gasteiger partial charge in [0.05, 0.1) is 32.5 Å². The van der Waals surface area contributed by atoms with Crippen LogP contribution in [0.3, 0.4) is 0 Å². The predicted molar refractivity (Wildman–Crippen MR) is 111 cm³/mol. The second kappa shape index (κ2) is 9.54. The highest BCUT2D eigenvalue weighted by atomic mass is 16.5. The van der Waals surface area contributed by atoms with Gasteiger partial charge < -0.3 is 24.3 Å². The minimum atomic E-state index is -0.186. The molecule has 1 N–H and O–H groups in total. The maximum atomic E-state index is 13.1. The molecule has 29 heavy (non-hydrogen) atoms. The summed E-state index contributed by atoms with van der Waals surface area (Å²) in [6.45, 7) is 9.68. The third-order valence-electron chi connectivity index (χ3n) is 4.68. The van der Waals surface area contributed by atoms with E-state index in [0.717, 1.165) is 23.3 Å². The summed E-state index contributed by atoms with van der Waals surface area (Å²) in [6, 6.07) is 9.35. The highest BCUT2D eigenvalue weighted by molar-refractivity contribution is 5.96. The van der Waals surface area contributed by atoms with Crippen LogP contribution in [0.15, 0.2) is 30.3 Å². The van der Waals surface area contributed by atoms with E-state index in [1.807, 2.05) is 39.8 Å². The highest BCUT2D eigenvalue weighted by Crippen LogP contribution is 2.39. The number of carbonyl (C=O) groups excluding carboxylic acids is 1. The summed E-state index contributed by atoms with van der Waals surface area (Å²) in [7, 11) is 0. The number of amides is 1. The number of aryl methyl sites for hydroxylation is 1. The normalized spacial score (nSPS) is 15.1. The van der Waals surface area contributed by atoms with Crippen molar-refractivity contribution in [2.45, 2.75) is 40.2 Å². The maximum absolute atomic E-state index is 13.1. The Morgan fingerprint density at radius 3 is 2.31 bits per heavy atom. The lowest BCUT2D eigenvalue weighted by molar-refractivity contribution is 0.0923. The quantitative estimate of drug-likeness (QED) is 0.711. The number of rotatable bonds is 8. The van der Waals surface area contributed by atoms with Gasteiger partial charge in [0.2, 0.25) is 5.75 Å². The van der Waals surface area contributed by atoms with Crippen molar-refractivity contribution >= 4 is 5.91 Å². The largest absolute Gasteiger partial charge is 0.493 e. The number of fused-ring (bicyclic) bond motifs is 1. The van der Waals surface area contributed by atoms with E-state index in [2.05, 4.69) is 11.4 Å². The van der Waals surface area contributed by atoms with Crippen molar-refractivity contribution in [3.63, 3.8) is 0 Å². The minimum absolute atomic E-state index is 0.108. The number of benzene rings is 2. The first-order valence-corrected chi connectivity index (χ1v) is 10.2. The molecule has 0 aromatic heterocycles. The Hall–Kier alpha value is -2.89. The van der Waals surface area contributed by atoms with Crippen molar-refractivity contribution in [2.24, 2.45) is 0 Å². The molecule has 2 aromatic rings. The number of carbonyl (C=O) groups is 1. The molecule has 0 saturated heterocycles. The maximum Gasteiger partial charge on any atom is 0.252 e. The second-order valence-corrected chi connectivity index (χ2v) is 6.81. The average Bonchev–Trinajstić information content (AvgIpc) is 2.71. The monoisotopic (exact) mass is 399 g/mol. The van der Waals surface area contributed by atoms with Crippen molar-refractivity contribution in [3.8, 4) is 23.0 Å². The van der Waals surface area contributed by atoms with Crippen LogP contribution in [0.1, 0.15) is 54.7 Å². The van der Waals surface area contributed by atoms with Crippen molar-refractivity contribution in [2.75, 3.05) is 26.4 Å². The Bertz CT molecular complexity index is 837. The van der Waals surface area contributed by atoms with Gasteiger partial charge in [-0.15, -0.1) is 0 Å². The molecule has 6 nitrogen and oxygen atoms in total. The third kappa shape index (κ3) is 4.75. The van der Waals surface area contributed by atoms with Crippen LogP contribution in [0.4, 0.5) is 0 Å². The van der Waals surface area contributed by atoms with Crippen molar-refractivity contribution < 1.29 is 23.7 Å². The van der Waals surface area contributed by atoms with Gasteiger partial charge in [0.25, 0.3) is 5.91 Å². The summed E-state index contributed by atoms with van der Waals surface area (Å²) < 4.78 is 22.9. The molecule has 0 radical (unpaired) electrons. The molecule has 1 amide bonds. The van der Waals surface area contributed by atoms with Crippen molar-refractivity contribution in [1.82, 2.24) is 5.32 Å². The zero-order chi connectivity index (χ0) is 20.8. The van der Waals surface area contributed by atoms with E-state index in [9.17, 15) is 4.79 Å². The van der Waals surface area contributed by atoms with Crippen molar-refractivity contribution in [1.29, 1.82) is 0 Å². The Morgan fingerprint density at radius 2 is 1.69 bits per heavy atom. The van der Waals surface area contributed by atoms with E-state index >= 15 is 0 Å². The lowest BCUT2D eigenvalue weighted by Gasteiger charge is -2.27. The molecular formula is C23H29NO5. The minimum Gasteiger partial charge on any atom is -0.493 e. The van der Waals surface area contributed by atoms with Crippen LogP contribution in [0, 0.1) is 6.92 Å².